The van der Waals surface area contributed by atoms with Crippen molar-refractivity contribution >= 4 is 6.16 Å². The predicted molar refractivity (Wildman–Crippen MR) is 25.0 cm³/mol. The molecule has 0 aromatic carbocycles. The van der Waals surface area contributed by atoms with Crippen LogP contribution in [0.15, 0.2) is 0 Å². The van der Waals surface area contributed by atoms with E-state index in [0.717, 1.165) is 0 Å². The van der Waals surface area contributed by atoms with E-state index in [4.69, 9.17) is 5.11 Å². The van der Waals surface area contributed by atoms with Crippen LogP contribution in [0.1, 0.15) is 0 Å². The largest absolute Gasteiger partial charge is 0.508 e. The van der Waals surface area contributed by atoms with E-state index < -0.39 is 24.9 Å². The third-order valence-electron chi connectivity index (χ3n) is 0.798. The second-order valence-corrected chi connectivity index (χ2v) is 1.68. The van der Waals surface area contributed by atoms with Crippen LogP contribution < -0.4 is 0 Å². The summed E-state index contributed by atoms with van der Waals surface area (Å²) in [6, 6.07) is 0. The third-order valence-corrected chi connectivity index (χ3v) is 0.798. The van der Waals surface area contributed by atoms with Crippen LogP contribution in [0.3, 0.4) is 0 Å². The maximum atomic E-state index is 11.8. The molecule has 72 valence electrons. The molecule has 0 bridgehead atoms. The van der Waals surface area contributed by atoms with E-state index in [2.05, 4.69) is 4.74 Å². The van der Waals surface area contributed by atoms with Crippen LogP contribution >= 0.6 is 0 Å². The summed E-state index contributed by atoms with van der Waals surface area (Å²) in [6.45, 7) is 0. The van der Waals surface area contributed by atoms with E-state index in [1.807, 2.05) is 0 Å². The average molecular weight is 194 g/mol. The molecular formula is C4H3F5O3. The Bertz CT molecular complexity index is 170. The number of hydrogen-bond donors (Lipinski definition) is 1. The minimum atomic E-state index is -5.11. The number of alkyl halides is 5. The summed E-state index contributed by atoms with van der Waals surface area (Å²) in [6.07, 6.45) is -10.6. The topological polar surface area (TPSA) is 46.5 Å². The van der Waals surface area contributed by atoms with Gasteiger partial charge in [-0.15, -0.1) is 0 Å². The molecule has 0 aliphatic rings. The molecule has 0 aromatic heterocycles. The lowest BCUT2D eigenvalue weighted by atomic mass is 10.3. The average Bonchev–Trinajstić information content (AvgIpc) is 1.85. The van der Waals surface area contributed by atoms with Crippen molar-refractivity contribution in [3.8, 4) is 0 Å². The first-order valence-corrected chi connectivity index (χ1v) is 2.48. The van der Waals surface area contributed by atoms with E-state index in [-0.39, 0.29) is 0 Å². The van der Waals surface area contributed by atoms with Crippen molar-refractivity contribution < 1.29 is 36.6 Å². The van der Waals surface area contributed by atoms with Crippen molar-refractivity contribution in [3.05, 3.63) is 0 Å². The Labute approximate surface area is 62.7 Å². The van der Waals surface area contributed by atoms with Crippen molar-refractivity contribution in [3.63, 3.8) is 0 Å². The molecule has 0 aromatic rings. The van der Waals surface area contributed by atoms with Gasteiger partial charge in [0.05, 0.1) is 0 Å². The molecule has 8 heteroatoms. The van der Waals surface area contributed by atoms with E-state index in [0.29, 0.717) is 0 Å². The summed E-state index contributed by atoms with van der Waals surface area (Å²) in [5, 5.41) is 7.59. The van der Waals surface area contributed by atoms with E-state index in [1.165, 1.54) is 0 Å². The van der Waals surface area contributed by atoms with Crippen molar-refractivity contribution in [2.24, 2.45) is 0 Å². The van der Waals surface area contributed by atoms with Gasteiger partial charge < -0.3 is 9.84 Å². The highest BCUT2D eigenvalue weighted by Crippen LogP contribution is 2.29. The van der Waals surface area contributed by atoms with Gasteiger partial charge in [-0.1, -0.05) is 0 Å². The summed E-state index contributed by atoms with van der Waals surface area (Å²) in [5.41, 5.74) is 0. The van der Waals surface area contributed by atoms with Crippen LogP contribution in [0, 0.1) is 0 Å². The van der Waals surface area contributed by atoms with Crippen LogP contribution in [-0.4, -0.2) is 30.0 Å². The molecule has 0 aliphatic heterocycles. The molecule has 0 aliphatic carbocycles. The first-order valence-electron chi connectivity index (χ1n) is 2.48. The maximum absolute atomic E-state index is 11.8. The Morgan fingerprint density at radius 1 is 1.33 bits per heavy atom. The van der Waals surface area contributed by atoms with Gasteiger partial charge in [0.2, 0.25) is 0 Å². The SMILES string of the molecule is O=C(O)OC(F)C(F)(F)C(F)F. The normalized spacial score (nSPS) is 14.5. The molecule has 0 saturated heterocycles. The first-order chi connectivity index (χ1) is 5.28. The fraction of sp³-hybridized carbons (Fsp3) is 0.750. The Morgan fingerprint density at radius 2 is 1.75 bits per heavy atom. The molecule has 0 radical (unpaired) electrons. The molecule has 1 N–H and O–H groups in total. The number of ether oxygens (including phenoxy) is 1. The van der Waals surface area contributed by atoms with Crippen LogP contribution in [0.4, 0.5) is 26.7 Å². The quantitative estimate of drug-likeness (QED) is 0.551. The molecule has 1 atom stereocenters. The number of halogens is 5. The van der Waals surface area contributed by atoms with Crippen molar-refractivity contribution in [1.82, 2.24) is 0 Å². The standard InChI is InChI=1S/C4H3F5O3/c5-1(6)4(8,9)2(7)12-3(10)11/h1-2H,(H,10,11). The summed E-state index contributed by atoms with van der Waals surface area (Å²) in [4.78, 5) is 9.44. The second kappa shape index (κ2) is 3.55. The van der Waals surface area contributed by atoms with Crippen LogP contribution in [-0.2, 0) is 4.74 Å². The molecule has 0 spiro atoms. The summed E-state index contributed by atoms with van der Waals surface area (Å²) in [5.74, 6) is -5.11. The van der Waals surface area contributed by atoms with Gasteiger partial charge in [0.15, 0.2) is 0 Å². The lowest BCUT2D eigenvalue weighted by Gasteiger charge is -2.17. The zero-order chi connectivity index (χ0) is 9.94. The predicted octanol–water partition coefficient (Wildman–Crippen LogP) is 1.88. The zero-order valence-corrected chi connectivity index (χ0v) is 5.31. The third kappa shape index (κ3) is 2.51. The van der Waals surface area contributed by atoms with Gasteiger partial charge in [0.25, 0.3) is 0 Å². The van der Waals surface area contributed by atoms with Crippen molar-refractivity contribution in [1.29, 1.82) is 0 Å². The number of hydrogen-bond acceptors (Lipinski definition) is 2. The molecule has 0 heterocycles. The molecular weight excluding hydrogens is 191 g/mol. The lowest BCUT2D eigenvalue weighted by molar-refractivity contribution is -0.233. The summed E-state index contributed by atoms with van der Waals surface area (Å²) in [7, 11) is 0. The monoisotopic (exact) mass is 194 g/mol. The van der Waals surface area contributed by atoms with E-state index in [1.54, 1.807) is 0 Å². The van der Waals surface area contributed by atoms with Gasteiger partial charge in [-0.05, 0) is 0 Å². The van der Waals surface area contributed by atoms with Crippen molar-refractivity contribution in [2.75, 3.05) is 0 Å². The molecule has 0 fully saturated rings. The number of carbonyl (C=O) groups is 1. The minimum Gasteiger partial charge on any atom is -0.450 e. The van der Waals surface area contributed by atoms with Crippen LogP contribution in [0.5, 0.6) is 0 Å². The molecule has 3 nitrogen and oxygen atoms in total. The fourth-order valence-corrected chi connectivity index (χ4v) is 0.266. The number of rotatable bonds is 3. The molecule has 1 unspecified atom stereocenters. The maximum Gasteiger partial charge on any atom is 0.508 e. The zero-order valence-electron chi connectivity index (χ0n) is 5.31. The first kappa shape index (κ1) is 10.9. The number of carboxylic acid groups (broad SMARTS) is 1. The second-order valence-electron chi connectivity index (χ2n) is 1.68. The lowest BCUT2D eigenvalue weighted by Crippen LogP contribution is -2.40. The van der Waals surface area contributed by atoms with Gasteiger partial charge in [0.1, 0.15) is 0 Å². The Morgan fingerprint density at radius 3 is 2.00 bits per heavy atom. The van der Waals surface area contributed by atoms with Gasteiger partial charge >= 0.3 is 24.9 Å². The van der Waals surface area contributed by atoms with Gasteiger partial charge in [-0.25, -0.2) is 13.6 Å². The highest BCUT2D eigenvalue weighted by atomic mass is 19.3. The highest BCUT2D eigenvalue weighted by molar-refractivity contribution is 5.57. The van der Waals surface area contributed by atoms with Crippen molar-refractivity contribution in [2.45, 2.75) is 18.7 Å². The van der Waals surface area contributed by atoms with Gasteiger partial charge in [-0.3, -0.25) is 0 Å². The molecule has 0 amide bonds. The highest BCUT2D eigenvalue weighted by Gasteiger charge is 2.52. The van der Waals surface area contributed by atoms with Gasteiger partial charge in [-0.2, -0.15) is 13.2 Å². The molecule has 12 heavy (non-hydrogen) atoms. The Hall–Kier alpha value is -1.08. The molecule has 0 saturated carbocycles. The van der Waals surface area contributed by atoms with Gasteiger partial charge in [0, 0.05) is 0 Å². The van der Waals surface area contributed by atoms with E-state index in [9.17, 15) is 26.7 Å². The van der Waals surface area contributed by atoms with E-state index >= 15 is 0 Å². The summed E-state index contributed by atoms with van der Waals surface area (Å²) < 4.78 is 60.7. The molecule has 0 rings (SSSR count). The van der Waals surface area contributed by atoms with Crippen LogP contribution in [0.25, 0.3) is 0 Å². The minimum absolute atomic E-state index is 2.39. The summed E-state index contributed by atoms with van der Waals surface area (Å²) >= 11 is 0. The Kier molecular flexibility index (Phi) is 3.23. The Balaban J connectivity index is 4.24. The smallest absolute Gasteiger partial charge is 0.450 e. The van der Waals surface area contributed by atoms with Crippen LogP contribution in [0.2, 0.25) is 0 Å². The fourth-order valence-electron chi connectivity index (χ4n) is 0.266.